The van der Waals surface area contributed by atoms with Crippen molar-refractivity contribution in [3.8, 4) is 5.75 Å². The minimum atomic E-state index is 0.697. The molecule has 0 saturated heterocycles. The van der Waals surface area contributed by atoms with E-state index in [1.54, 1.807) is 0 Å². The third-order valence-electron chi connectivity index (χ3n) is 1.74. The summed E-state index contributed by atoms with van der Waals surface area (Å²) in [6.07, 6.45) is 4.73. The molecule has 1 aromatic rings. The molecule has 0 N–H and O–H groups in total. The van der Waals surface area contributed by atoms with Gasteiger partial charge in [0, 0.05) is 6.42 Å². The van der Waals surface area contributed by atoms with Crippen LogP contribution in [-0.4, -0.2) is 6.61 Å². The summed E-state index contributed by atoms with van der Waals surface area (Å²) in [7, 11) is 0. The lowest BCUT2D eigenvalue weighted by atomic mass is 10.2. The fraction of sp³-hybridized carbons (Fsp3) is 0.167. The van der Waals surface area contributed by atoms with E-state index in [-0.39, 0.29) is 0 Å². The van der Waals surface area contributed by atoms with Gasteiger partial charge in [0.2, 0.25) is 0 Å². The van der Waals surface area contributed by atoms with E-state index < -0.39 is 0 Å². The molecule has 14 heavy (non-hydrogen) atoms. The van der Waals surface area contributed by atoms with E-state index in [4.69, 9.17) is 4.74 Å². The Hall–Kier alpha value is -1.02. The molecule has 1 rings (SSSR count). The fourth-order valence-corrected chi connectivity index (χ4v) is 1.30. The van der Waals surface area contributed by atoms with Gasteiger partial charge in [-0.2, -0.15) is 0 Å². The van der Waals surface area contributed by atoms with Gasteiger partial charge in [0.1, 0.15) is 5.75 Å². The molecule has 1 aromatic carbocycles. The average Bonchev–Trinajstić information content (AvgIpc) is 2.25. The van der Waals surface area contributed by atoms with Gasteiger partial charge in [-0.3, -0.25) is 0 Å². The predicted molar refractivity (Wildman–Crippen MR) is 64.7 cm³/mol. The smallest absolute Gasteiger partial charge is 0.119 e. The zero-order valence-corrected chi connectivity index (χ0v) is 9.53. The van der Waals surface area contributed by atoms with Crippen molar-refractivity contribution in [3.63, 3.8) is 0 Å². The van der Waals surface area contributed by atoms with Crippen LogP contribution in [0.1, 0.15) is 12.0 Å². The van der Waals surface area contributed by atoms with Crippen LogP contribution in [0.3, 0.4) is 0 Å². The van der Waals surface area contributed by atoms with Crippen molar-refractivity contribution < 1.29 is 4.74 Å². The minimum absolute atomic E-state index is 0.697. The van der Waals surface area contributed by atoms with Crippen LogP contribution in [0, 0.1) is 0 Å². The first-order valence-corrected chi connectivity index (χ1v) is 5.39. The number of ether oxygens (including phenoxy) is 1. The Labute approximate surface area is 93.2 Å². The van der Waals surface area contributed by atoms with Gasteiger partial charge in [0.25, 0.3) is 0 Å². The quantitative estimate of drug-likeness (QED) is 0.720. The number of hydrogen-bond acceptors (Lipinski definition) is 1. The summed E-state index contributed by atoms with van der Waals surface area (Å²) in [4.78, 5) is 1.84. The molecule has 0 amide bonds. The first-order chi connectivity index (χ1) is 6.86. The Morgan fingerprint density at radius 2 is 2.29 bits per heavy atom. The Bertz CT molecular complexity index is 318. The summed E-state index contributed by atoms with van der Waals surface area (Å²) in [6, 6.07) is 7.89. The van der Waals surface area contributed by atoms with Gasteiger partial charge >= 0.3 is 0 Å². The maximum Gasteiger partial charge on any atom is 0.119 e. The van der Waals surface area contributed by atoms with Crippen LogP contribution >= 0.6 is 15.9 Å². The molecule has 0 saturated carbocycles. The van der Waals surface area contributed by atoms with Crippen molar-refractivity contribution in [2.24, 2.45) is 0 Å². The van der Waals surface area contributed by atoms with Crippen molar-refractivity contribution in [1.29, 1.82) is 0 Å². The molecule has 0 radical (unpaired) electrons. The standard InChI is InChI=1S/C12H13BrO/c1-2-11-6-5-7-12(10-11)14-9-4-3-8-13/h2-3,5-8,10H,1,4,9H2. The van der Waals surface area contributed by atoms with E-state index >= 15 is 0 Å². The molecule has 0 aliphatic heterocycles. The van der Waals surface area contributed by atoms with Crippen molar-refractivity contribution >= 4 is 22.0 Å². The van der Waals surface area contributed by atoms with Gasteiger partial charge in [-0.15, -0.1) is 0 Å². The Kier molecular flexibility index (Phi) is 5.08. The number of hydrogen-bond donors (Lipinski definition) is 0. The van der Waals surface area contributed by atoms with Gasteiger partial charge in [-0.1, -0.05) is 46.8 Å². The van der Waals surface area contributed by atoms with Crippen molar-refractivity contribution in [2.45, 2.75) is 6.42 Å². The lowest BCUT2D eigenvalue weighted by Crippen LogP contribution is -1.95. The number of benzene rings is 1. The monoisotopic (exact) mass is 252 g/mol. The van der Waals surface area contributed by atoms with Gasteiger partial charge < -0.3 is 4.74 Å². The summed E-state index contributed by atoms with van der Waals surface area (Å²) in [6.45, 7) is 4.41. The summed E-state index contributed by atoms with van der Waals surface area (Å²) >= 11 is 3.21. The highest BCUT2D eigenvalue weighted by Crippen LogP contribution is 2.14. The van der Waals surface area contributed by atoms with Crippen LogP contribution < -0.4 is 4.74 Å². The van der Waals surface area contributed by atoms with E-state index in [1.807, 2.05) is 41.4 Å². The highest BCUT2D eigenvalue weighted by atomic mass is 79.9. The normalized spacial score (nSPS) is 10.4. The van der Waals surface area contributed by atoms with Crippen molar-refractivity contribution in [3.05, 3.63) is 47.5 Å². The van der Waals surface area contributed by atoms with E-state index in [2.05, 4.69) is 22.5 Å². The molecular weight excluding hydrogens is 240 g/mol. The molecule has 0 unspecified atom stereocenters. The minimum Gasteiger partial charge on any atom is -0.493 e. The Morgan fingerprint density at radius 1 is 1.43 bits per heavy atom. The van der Waals surface area contributed by atoms with Crippen LogP contribution in [0.5, 0.6) is 5.75 Å². The second-order valence-corrected chi connectivity index (χ2v) is 3.30. The van der Waals surface area contributed by atoms with Crippen LogP contribution in [0.2, 0.25) is 0 Å². The maximum absolute atomic E-state index is 5.53. The van der Waals surface area contributed by atoms with E-state index in [9.17, 15) is 0 Å². The second-order valence-electron chi connectivity index (χ2n) is 2.78. The highest BCUT2D eigenvalue weighted by molar-refractivity contribution is 9.11. The van der Waals surface area contributed by atoms with Crippen molar-refractivity contribution in [1.82, 2.24) is 0 Å². The summed E-state index contributed by atoms with van der Waals surface area (Å²) in [5, 5.41) is 0. The number of rotatable bonds is 5. The van der Waals surface area contributed by atoms with Crippen molar-refractivity contribution in [2.75, 3.05) is 6.61 Å². The van der Waals surface area contributed by atoms with Gasteiger partial charge in [0.15, 0.2) is 0 Å². The lowest BCUT2D eigenvalue weighted by molar-refractivity contribution is 0.325. The molecule has 2 heteroatoms. The molecule has 0 fully saturated rings. The third kappa shape index (κ3) is 3.79. The topological polar surface area (TPSA) is 9.23 Å². The van der Waals surface area contributed by atoms with E-state index in [0.717, 1.165) is 17.7 Å². The molecule has 0 atom stereocenters. The molecular formula is C12H13BrO. The summed E-state index contributed by atoms with van der Waals surface area (Å²) in [5.41, 5.74) is 1.08. The molecule has 0 aromatic heterocycles. The van der Waals surface area contributed by atoms with Crippen LogP contribution in [-0.2, 0) is 0 Å². The SMILES string of the molecule is C=Cc1cccc(OCCC=CBr)c1. The molecule has 1 nitrogen and oxygen atoms in total. The maximum atomic E-state index is 5.53. The summed E-state index contributed by atoms with van der Waals surface area (Å²) < 4.78 is 5.53. The molecule has 74 valence electrons. The van der Waals surface area contributed by atoms with Crippen LogP contribution in [0.25, 0.3) is 6.08 Å². The molecule has 0 spiro atoms. The van der Waals surface area contributed by atoms with Gasteiger partial charge in [-0.05, 0) is 22.7 Å². The first kappa shape index (κ1) is 11.1. The van der Waals surface area contributed by atoms with Gasteiger partial charge in [-0.25, -0.2) is 0 Å². The molecule has 0 aliphatic carbocycles. The number of halogens is 1. The summed E-state index contributed by atoms with van der Waals surface area (Å²) in [5.74, 6) is 0.894. The first-order valence-electron chi connectivity index (χ1n) is 4.47. The predicted octanol–water partition coefficient (Wildman–Crippen LogP) is 4.01. The zero-order valence-electron chi connectivity index (χ0n) is 7.95. The van der Waals surface area contributed by atoms with E-state index in [0.29, 0.717) is 6.61 Å². The third-order valence-corrected chi connectivity index (χ3v) is 2.11. The van der Waals surface area contributed by atoms with Crippen LogP contribution in [0.4, 0.5) is 0 Å². The average molecular weight is 253 g/mol. The second kappa shape index (κ2) is 6.44. The van der Waals surface area contributed by atoms with Crippen LogP contribution in [0.15, 0.2) is 41.9 Å². The largest absolute Gasteiger partial charge is 0.493 e. The van der Waals surface area contributed by atoms with E-state index in [1.165, 1.54) is 0 Å². The zero-order chi connectivity index (χ0) is 10.2. The lowest BCUT2D eigenvalue weighted by Gasteiger charge is -2.04. The molecule has 0 bridgehead atoms. The molecule has 0 aliphatic rings. The highest BCUT2D eigenvalue weighted by Gasteiger charge is 1.92. The van der Waals surface area contributed by atoms with Gasteiger partial charge in [0.05, 0.1) is 6.61 Å². The fourth-order valence-electron chi connectivity index (χ4n) is 1.04. The Balaban J connectivity index is 2.46. The molecule has 0 heterocycles. The Morgan fingerprint density at radius 3 is 3.00 bits per heavy atom.